The van der Waals surface area contributed by atoms with Gasteiger partial charge in [-0.15, -0.1) is 0 Å². The second-order valence-electron chi connectivity index (χ2n) is 11.5. The second kappa shape index (κ2) is 6.50. The Kier molecular flexibility index (Phi) is 3.22. The van der Waals surface area contributed by atoms with E-state index in [2.05, 4.69) is 121 Å². The van der Waals surface area contributed by atoms with Crippen molar-refractivity contribution < 1.29 is 0 Å². The van der Waals surface area contributed by atoms with E-state index < -0.39 is 0 Å². The van der Waals surface area contributed by atoms with Gasteiger partial charge >= 0.3 is 0 Å². The van der Waals surface area contributed by atoms with E-state index in [9.17, 15) is 0 Å². The molecule has 40 heavy (non-hydrogen) atoms. The lowest BCUT2D eigenvalue weighted by Crippen LogP contribution is -1.97. The monoisotopic (exact) mass is 500 g/mol. The first kappa shape index (κ1) is 19.8. The molecule has 0 aromatic heterocycles. The van der Waals surface area contributed by atoms with Crippen LogP contribution in [0.2, 0.25) is 0 Å². The van der Waals surface area contributed by atoms with Crippen LogP contribution in [0.3, 0.4) is 0 Å². The molecule has 0 heterocycles. The Balaban J connectivity index is 1.72. The number of fused-ring (bicyclic) bond motifs is 12. The Hall–Kier alpha value is -5.20. The lowest BCUT2D eigenvalue weighted by Gasteiger charge is -2.26. The molecule has 0 radical (unpaired) electrons. The van der Waals surface area contributed by atoms with Crippen LogP contribution in [0.5, 0.6) is 0 Å². The summed E-state index contributed by atoms with van der Waals surface area (Å²) < 4.78 is 0. The maximum absolute atomic E-state index is 2.37. The highest BCUT2D eigenvalue weighted by Crippen LogP contribution is 2.56. The van der Waals surface area contributed by atoms with Gasteiger partial charge in [0.1, 0.15) is 0 Å². The smallest absolute Gasteiger partial charge is 0.0000483 e. The third kappa shape index (κ3) is 2.00. The summed E-state index contributed by atoms with van der Waals surface area (Å²) >= 11 is 0. The lowest BCUT2D eigenvalue weighted by atomic mass is 9.76. The number of benzene rings is 11. The summed E-state index contributed by atoms with van der Waals surface area (Å²) in [5.74, 6) is 0. The first-order chi connectivity index (χ1) is 19.9. The van der Waals surface area contributed by atoms with E-state index in [0.29, 0.717) is 0 Å². The largest absolute Gasteiger partial charge is 0.0616 e. The molecule has 0 amide bonds. The van der Waals surface area contributed by atoms with E-state index >= 15 is 0 Å². The first-order valence-corrected chi connectivity index (χ1v) is 14.1. The molecule has 11 rings (SSSR count). The van der Waals surface area contributed by atoms with Gasteiger partial charge in [-0.25, -0.2) is 0 Å². The summed E-state index contributed by atoms with van der Waals surface area (Å²) in [5, 5.41) is 27.6. The van der Waals surface area contributed by atoms with Crippen molar-refractivity contribution in [1.82, 2.24) is 0 Å². The molecule has 0 N–H and O–H groups in total. The molecule has 180 valence electrons. The van der Waals surface area contributed by atoms with Gasteiger partial charge < -0.3 is 0 Å². The van der Waals surface area contributed by atoms with Crippen molar-refractivity contribution in [3.05, 3.63) is 121 Å². The minimum atomic E-state index is 1.33. The second-order valence-corrected chi connectivity index (χ2v) is 11.5. The summed E-state index contributed by atoms with van der Waals surface area (Å²) in [6.45, 7) is 0. The molecule has 11 aromatic carbocycles. The number of rotatable bonds is 0. The summed E-state index contributed by atoms with van der Waals surface area (Å²) in [4.78, 5) is 0. The summed E-state index contributed by atoms with van der Waals surface area (Å²) in [6.07, 6.45) is 0. The van der Waals surface area contributed by atoms with E-state index in [1.807, 2.05) is 0 Å². The predicted octanol–water partition coefficient (Wildman–Crippen LogP) is 11.5. The van der Waals surface area contributed by atoms with Crippen LogP contribution in [-0.2, 0) is 0 Å². The van der Waals surface area contributed by atoms with Crippen LogP contribution >= 0.6 is 0 Å². The van der Waals surface area contributed by atoms with Gasteiger partial charge in [0.15, 0.2) is 0 Å². The van der Waals surface area contributed by atoms with Crippen LogP contribution in [0, 0.1) is 0 Å². The molecule has 0 atom stereocenters. The van der Waals surface area contributed by atoms with Crippen molar-refractivity contribution in [3.63, 3.8) is 0 Å². The molecule has 0 heteroatoms. The summed E-state index contributed by atoms with van der Waals surface area (Å²) in [7, 11) is 0. The standard InChI is InChI=1S/C40H20/c1-3-11-24-22(9-1)30-19-17-21-18-20-31-23-10-2-4-12-25(23)34-27-14-6-8-16-29(27)35-28-15-7-5-13-26(28)33(24)38-36(30)32(21)37(31)39(34)40(35)38/h1-20H. The molecule has 0 aliphatic carbocycles. The van der Waals surface area contributed by atoms with Crippen LogP contribution < -0.4 is 0 Å². The normalized spacial score (nSPS) is 13.0. The van der Waals surface area contributed by atoms with Gasteiger partial charge in [-0.3, -0.25) is 0 Å². The van der Waals surface area contributed by atoms with Crippen LogP contribution in [0.25, 0.3) is 108 Å². The average Bonchev–Trinajstić information content (AvgIpc) is 3.03. The van der Waals surface area contributed by atoms with E-state index in [0.717, 1.165) is 0 Å². The van der Waals surface area contributed by atoms with Crippen molar-refractivity contribution in [3.8, 4) is 0 Å². The van der Waals surface area contributed by atoms with Crippen LogP contribution in [0.4, 0.5) is 0 Å². The van der Waals surface area contributed by atoms with E-state index in [1.165, 1.54) is 108 Å². The molecule has 0 aliphatic heterocycles. The predicted molar refractivity (Wildman–Crippen MR) is 175 cm³/mol. The maximum Gasteiger partial charge on any atom is -0.0000483 e. The van der Waals surface area contributed by atoms with Crippen LogP contribution in [0.1, 0.15) is 0 Å². The molecule has 0 saturated carbocycles. The topological polar surface area (TPSA) is 0 Å². The third-order valence-corrected chi connectivity index (χ3v) is 9.84. The molecule has 0 nitrogen and oxygen atoms in total. The Bertz CT molecular complexity index is 2660. The Labute approximate surface area is 228 Å². The molecule has 11 aromatic rings. The molecule has 0 unspecified atom stereocenters. The van der Waals surface area contributed by atoms with Crippen molar-refractivity contribution >= 4 is 108 Å². The zero-order chi connectivity index (χ0) is 25.7. The first-order valence-electron chi connectivity index (χ1n) is 14.1. The van der Waals surface area contributed by atoms with E-state index in [1.54, 1.807) is 0 Å². The number of hydrogen-bond donors (Lipinski definition) is 0. The fourth-order valence-electron chi connectivity index (χ4n) is 8.46. The third-order valence-electron chi connectivity index (χ3n) is 9.84. The minimum Gasteiger partial charge on any atom is -0.0616 e. The minimum absolute atomic E-state index is 1.33. The van der Waals surface area contributed by atoms with Gasteiger partial charge in [0.25, 0.3) is 0 Å². The van der Waals surface area contributed by atoms with E-state index in [-0.39, 0.29) is 0 Å². The molecule has 0 saturated heterocycles. The molecular weight excluding hydrogens is 480 g/mol. The molecular formula is C40H20. The highest BCUT2D eigenvalue weighted by atomic mass is 14.3. The quantitative estimate of drug-likeness (QED) is 0.143. The highest BCUT2D eigenvalue weighted by molar-refractivity contribution is 6.56. The van der Waals surface area contributed by atoms with Crippen molar-refractivity contribution in [1.29, 1.82) is 0 Å². The Morgan fingerprint density at radius 1 is 0.175 bits per heavy atom. The summed E-state index contributed by atoms with van der Waals surface area (Å²) in [6, 6.07) is 45.8. The van der Waals surface area contributed by atoms with E-state index in [4.69, 9.17) is 0 Å². The molecule has 0 fully saturated rings. The molecule has 0 bridgehead atoms. The van der Waals surface area contributed by atoms with Gasteiger partial charge in [-0.2, -0.15) is 0 Å². The lowest BCUT2D eigenvalue weighted by molar-refractivity contribution is 1.79. The van der Waals surface area contributed by atoms with Crippen molar-refractivity contribution in [2.75, 3.05) is 0 Å². The highest BCUT2D eigenvalue weighted by Gasteiger charge is 2.27. The van der Waals surface area contributed by atoms with Gasteiger partial charge in [-0.05, 0) is 108 Å². The van der Waals surface area contributed by atoms with Gasteiger partial charge in [-0.1, -0.05) is 121 Å². The number of hydrogen-bond acceptors (Lipinski definition) is 0. The Morgan fingerprint density at radius 2 is 0.450 bits per heavy atom. The van der Waals surface area contributed by atoms with Gasteiger partial charge in [0.2, 0.25) is 0 Å². The van der Waals surface area contributed by atoms with Gasteiger partial charge in [0, 0.05) is 0 Å². The zero-order valence-electron chi connectivity index (χ0n) is 21.5. The van der Waals surface area contributed by atoms with Crippen LogP contribution in [-0.4, -0.2) is 0 Å². The maximum atomic E-state index is 2.37. The van der Waals surface area contributed by atoms with Crippen molar-refractivity contribution in [2.24, 2.45) is 0 Å². The average molecular weight is 501 g/mol. The fraction of sp³-hybridized carbons (Fsp3) is 0. The van der Waals surface area contributed by atoms with Crippen LogP contribution in [0.15, 0.2) is 121 Å². The zero-order valence-corrected chi connectivity index (χ0v) is 21.5. The molecule has 0 spiro atoms. The molecule has 0 aliphatic rings. The fourth-order valence-corrected chi connectivity index (χ4v) is 8.46. The van der Waals surface area contributed by atoms with Crippen molar-refractivity contribution in [2.45, 2.75) is 0 Å². The van der Waals surface area contributed by atoms with Gasteiger partial charge in [0.05, 0.1) is 0 Å². The Morgan fingerprint density at radius 3 is 0.825 bits per heavy atom. The SMILES string of the molecule is c1ccc2c(c1)c1ccc3ccc4c5ccccc5c5c6ccccc6c6c7ccccc7c2c2c1c3c4c5c62. The summed E-state index contributed by atoms with van der Waals surface area (Å²) in [5.41, 5.74) is 0.